The van der Waals surface area contributed by atoms with Crippen molar-refractivity contribution in [2.24, 2.45) is 0 Å². The first-order valence-electron chi connectivity index (χ1n) is 16.4. The van der Waals surface area contributed by atoms with E-state index in [-0.39, 0.29) is 55.9 Å². The molecule has 10 nitrogen and oxygen atoms in total. The molecule has 0 aliphatic carbocycles. The molecule has 2 saturated heterocycles. The fourth-order valence-corrected chi connectivity index (χ4v) is 7.94. The maximum atomic E-state index is 14.5. The maximum Gasteiger partial charge on any atom is 0.263 e. The minimum absolute atomic E-state index is 0.0194. The van der Waals surface area contributed by atoms with E-state index in [0.29, 0.717) is 5.56 Å². The standard InChI is InChI=1S/C38H29Cl5N2O8/c1-19(46)44(34(47)22-14-12-20(16-39)13-15-22)37-31(45-35(48)25-26(36(45)49)28(41)30(43)29(42)27(25)40)33(50-17-21-8-4-2-5-9-21)32-24(52-37)18-51-38(53-32)23-10-6-3-7-11-23/h2-15,24,31-33,37-38H,16-18H2,1H3/t24-,31-,32-,33-,37-,38-/m1/s1. The summed E-state index contributed by atoms with van der Waals surface area (Å²) in [6.45, 7) is 1.09. The van der Waals surface area contributed by atoms with Gasteiger partial charge in [-0.15, -0.1) is 11.6 Å². The van der Waals surface area contributed by atoms with Gasteiger partial charge in [0.2, 0.25) is 5.91 Å². The van der Waals surface area contributed by atoms with Crippen LogP contribution in [0, 0.1) is 0 Å². The summed E-state index contributed by atoms with van der Waals surface area (Å²) in [7, 11) is 0. The van der Waals surface area contributed by atoms with Crippen molar-refractivity contribution in [3.05, 3.63) is 138 Å². The Hall–Kier alpha value is -3.55. The Kier molecular flexibility index (Phi) is 11.2. The fourth-order valence-electron chi connectivity index (χ4n) is 6.75. The van der Waals surface area contributed by atoms with Crippen LogP contribution in [0.15, 0.2) is 84.9 Å². The Bertz CT molecular complexity index is 2020. The number of rotatable bonds is 8. The van der Waals surface area contributed by atoms with E-state index in [1.165, 1.54) is 19.1 Å². The number of fused-ring (bicyclic) bond motifs is 2. The summed E-state index contributed by atoms with van der Waals surface area (Å²) < 4.78 is 25.8. The molecule has 15 heteroatoms. The quantitative estimate of drug-likeness (QED) is 0.0759. The molecular formula is C38H29Cl5N2O8. The number of halogens is 5. The molecule has 0 aromatic heterocycles. The van der Waals surface area contributed by atoms with E-state index in [4.69, 9.17) is 77.0 Å². The largest absolute Gasteiger partial charge is 0.368 e. The average molecular weight is 819 g/mol. The molecule has 0 unspecified atom stereocenters. The average Bonchev–Trinajstić information content (AvgIpc) is 3.44. The monoisotopic (exact) mass is 816 g/mol. The van der Waals surface area contributed by atoms with Gasteiger partial charge in [-0.05, 0) is 23.3 Å². The second kappa shape index (κ2) is 15.7. The van der Waals surface area contributed by atoms with Crippen molar-refractivity contribution in [3.63, 3.8) is 0 Å². The molecule has 0 saturated carbocycles. The van der Waals surface area contributed by atoms with Crippen molar-refractivity contribution in [2.75, 3.05) is 6.61 Å². The molecule has 3 heterocycles. The number of alkyl halides is 1. The first-order chi connectivity index (χ1) is 25.5. The van der Waals surface area contributed by atoms with Crippen LogP contribution in [0.3, 0.4) is 0 Å². The van der Waals surface area contributed by atoms with Crippen LogP contribution in [0.1, 0.15) is 61.0 Å². The number of carbonyl (C=O) groups is 4. The number of carbonyl (C=O) groups excluding carboxylic acids is 4. The highest BCUT2D eigenvalue weighted by atomic mass is 35.5. The zero-order valence-electron chi connectivity index (χ0n) is 27.7. The van der Waals surface area contributed by atoms with Gasteiger partial charge >= 0.3 is 0 Å². The van der Waals surface area contributed by atoms with Gasteiger partial charge in [-0.1, -0.05) is 119 Å². The first kappa shape index (κ1) is 37.8. The van der Waals surface area contributed by atoms with Crippen molar-refractivity contribution in [1.29, 1.82) is 0 Å². The van der Waals surface area contributed by atoms with Crippen molar-refractivity contribution < 1.29 is 38.1 Å². The summed E-state index contributed by atoms with van der Waals surface area (Å²) >= 11 is 31.8. The summed E-state index contributed by atoms with van der Waals surface area (Å²) in [5, 5.41) is -1.05. The van der Waals surface area contributed by atoms with Gasteiger partial charge < -0.3 is 18.9 Å². The molecule has 0 N–H and O–H groups in total. The Morgan fingerprint density at radius 3 is 1.94 bits per heavy atom. The minimum atomic E-state index is -1.62. The van der Waals surface area contributed by atoms with Crippen molar-refractivity contribution >= 4 is 81.6 Å². The SMILES string of the molecule is CC(=O)N(C(=O)c1ccc(CCl)cc1)[C@@H]1O[C@@H]2CO[C@@H](c3ccccc3)O[C@H]2[C@H](OCc2ccccc2)[C@H]1N1C(=O)c2c(Cl)c(Cl)c(Cl)c(Cl)c2C1=O. The normalized spacial score (nSPS) is 23.8. The molecule has 0 spiro atoms. The second-order valence-electron chi connectivity index (χ2n) is 12.5. The van der Waals surface area contributed by atoms with E-state index in [1.54, 1.807) is 12.1 Å². The zero-order valence-corrected chi connectivity index (χ0v) is 31.5. The molecular weight excluding hydrogens is 790 g/mol. The van der Waals surface area contributed by atoms with Gasteiger partial charge in [-0.2, -0.15) is 0 Å². The molecule has 2 fully saturated rings. The molecule has 274 valence electrons. The highest BCUT2D eigenvalue weighted by Gasteiger charge is 2.60. The molecule has 7 rings (SSSR count). The summed E-state index contributed by atoms with van der Waals surface area (Å²) in [5.74, 6) is -3.16. The molecule has 4 aromatic carbocycles. The molecule has 4 amide bonds. The minimum Gasteiger partial charge on any atom is -0.368 e. The molecule has 53 heavy (non-hydrogen) atoms. The summed E-state index contributed by atoms with van der Waals surface area (Å²) in [4.78, 5) is 58.7. The molecule has 6 atom stereocenters. The van der Waals surface area contributed by atoms with Crippen LogP contribution in [0.2, 0.25) is 20.1 Å². The number of benzene rings is 4. The van der Waals surface area contributed by atoms with E-state index >= 15 is 0 Å². The predicted octanol–water partition coefficient (Wildman–Crippen LogP) is 8.12. The van der Waals surface area contributed by atoms with Gasteiger partial charge in [0.25, 0.3) is 17.7 Å². The van der Waals surface area contributed by atoms with Gasteiger partial charge in [0.05, 0.1) is 44.4 Å². The third-order valence-corrected chi connectivity index (χ3v) is 11.4. The molecule has 4 aromatic rings. The van der Waals surface area contributed by atoms with Crippen LogP contribution in [0.5, 0.6) is 0 Å². The lowest BCUT2D eigenvalue weighted by Gasteiger charge is -2.52. The number of hydrogen-bond acceptors (Lipinski definition) is 8. The van der Waals surface area contributed by atoms with Crippen molar-refractivity contribution in [1.82, 2.24) is 9.80 Å². The van der Waals surface area contributed by atoms with Gasteiger partial charge in [-0.3, -0.25) is 24.1 Å². The molecule has 0 radical (unpaired) electrons. The maximum absolute atomic E-state index is 14.5. The van der Waals surface area contributed by atoms with Crippen LogP contribution in [-0.2, 0) is 36.2 Å². The molecule has 3 aliphatic heterocycles. The van der Waals surface area contributed by atoms with Crippen LogP contribution in [-0.4, -0.2) is 70.6 Å². The van der Waals surface area contributed by atoms with E-state index in [9.17, 15) is 19.2 Å². The van der Waals surface area contributed by atoms with Gasteiger partial charge in [0.15, 0.2) is 12.5 Å². The van der Waals surface area contributed by atoms with Crippen LogP contribution in [0.4, 0.5) is 0 Å². The molecule has 0 bridgehead atoms. The van der Waals surface area contributed by atoms with E-state index in [2.05, 4.69) is 0 Å². The summed E-state index contributed by atoms with van der Waals surface area (Å²) in [5.41, 5.74) is 1.70. The lowest BCUT2D eigenvalue weighted by Crippen LogP contribution is -2.72. The Balaban J connectivity index is 1.39. The number of amides is 4. The van der Waals surface area contributed by atoms with Crippen LogP contribution < -0.4 is 0 Å². The van der Waals surface area contributed by atoms with Gasteiger partial charge in [-0.25, -0.2) is 4.90 Å². The van der Waals surface area contributed by atoms with Gasteiger partial charge in [0, 0.05) is 23.9 Å². The van der Waals surface area contributed by atoms with Gasteiger partial charge in [0.1, 0.15) is 24.4 Å². The topological polar surface area (TPSA) is 112 Å². The number of hydrogen-bond donors (Lipinski definition) is 0. The fraction of sp³-hybridized carbons (Fsp3) is 0.263. The summed E-state index contributed by atoms with van der Waals surface area (Å²) in [6, 6.07) is 23.1. The third kappa shape index (κ3) is 6.97. The van der Waals surface area contributed by atoms with Crippen molar-refractivity contribution in [2.45, 2.75) is 56.3 Å². The second-order valence-corrected chi connectivity index (χ2v) is 14.3. The predicted molar refractivity (Wildman–Crippen MR) is 197 cm³/mol. The number of ether oxygens (including phenoxy) is 4. The zero-order chi connectivity index (χ0) is 37.6. The third-order valence-electron chi connectivity index (χ3n) is 9.28. The lowest BCUT2D eigenvalue weighted by molar-refractivity contribution is -0.333. The smallest absolute Gasteiger partial charge is 0.263 e. The highest BCUT2D eigenvalue weighted by molar-refractivity contribution is 6.55. The Labute approximate surface area is 329 Å². The number of imide groups is 2. The van der Waals surface area contributed by atoms with Crippen molar-refractivity contribution in [3.8, 4) is 0 Å². The highest BCUT2D eigenvalue weighted by Crippen LogP contribution is 2.47. The Morgan fingerprint density at radius 2 is 1.38 bits per heavy atom. The van der Waals surface area contributed by atoms with E-state index in [1.807, 2.05) is 60.7 Å². The summed E-state index contributed by atoms with van der Waals surface area (Å²) in [6.07, 6.45) is -5.70. The lowest BCUT2D eigenvalue weighted by atomic mass is 9.92. The number of nitrogens with zero attached hydrogens (tertiary/aromatic N) is 2. The Morgan fingerprint density at radius 1 is 0.792 bits per heavy atom. The first-order valence-corrected chi connectivity index (χ1v) is 18.4. The van der Waals surface area contributed by atoms with E-state index in [0.717, 1.165) is 20.9 Å². The molecule has 3 aliphatic rings. The van der Waals surface area contributed by atoms with Crippen LogP contribution in [0.25, 0.3) is 0 Å². The van der Waals surface area contributed by atoms with E-state index < -0.39 is 60.5 Å². The van der Waals surface area contributed by atoms with Crippen LogP contribution >= 0.6 is 58.0 Å².